The van der Waals surface area contributed by atoms with Gasteiger partial charge in [-0.3, -0.25) is 4.79 Å². The highest BCUT2D eigenvalue weighted by Gasteiger charge is 2.07. The number of aliphatic hydroxyl groups excluding tert-OH is 1. The van der Waals surface area contributed by atoms with Gasteiger partial charge in [-0.25, -0.2) is 0 Å². The largest absolute Gasteiger partial charge is 0.387 e. The van der Waals surface area contributed by atoms with Crippen LogP contribution in [0.5, 0.6) is 0 Å². The van der Waals surface area contributed by atoms with Gasteiger partial charge < -0.3 is 15.4 Å². The minimum absolute atomic E-state index is 0.118. The molecule has 1 aromatic heterocycles. The summed E-state index contributed by atoms with van der Waals surface area (Å²) in [7, 11) is 0. The Kier molecular flexibility index (Phi) is 2.50. The molecule has 4 nitrogen and oxygen atoms in total. The van der Waals surface area contributed by atoms with E-state index in [-0.39, 0.29) is 6.54 Å². The highest BCUT2D eigenvalue weighted by atomic mass is 16.3. The molecule has 0 aliphatic carbocycles. The first-order valence-electron chi connectivity index (χ1n) is 3.72. The molecule has 1 rings (SSSR count). The Labute approximate surface area is 70.6 Å². The number of rotatable bonds is 3. The van der Waals surface area contributed by atoms with Crippen molar-refractivity contribution in [2.24, 2.45) is 5.73 Å². The minimum atomic E-state index is -0.570. The first-order chi connectivity index (χ1) is 5.61. The highest BCUT2D eigenvalue weighted by Crippen LogP contribution is 2.11. The maximum absolute atomic E-state index is 10.6. The van der Waals surface area contributed by atoms with E-state index in [9.17, 15) is 9.90 Å². The average Bonchev–Trinajstić information content (AvgIpc) is 2.33. The van der Waals surface area contributed by atoms with Gasteiger partial charge in [0.25, 0.3) is 0 Å². The molecule has 0 spiro atoms. The fraction of sp³-hybridized carbons (Fsp3) is 0.375. The van der Waals surface area contributed by atoms with Crippen molar-refractivity contribution in [1.82, 2.24) is 4.57 Å². The van der Waals surface area contributed by atoms with E-state index in [1.54, 1.807) is 29.8 Å². The van der Waals surface area contributed by atoms with Gasteiger partial charge in [0.15, 0.2) is 0 Å². The molecule has 1 aromatic rings. The summed E-state index contributed by atoms with van der Waals surface area (Å²) in [6.45, 7) is 1.76. The normalized spacial score (nSPS) is 12.8. The SMILES string of the molecule is CC(O)c1cccn1CC(N)=O. The molecule has 0 aliphatic heterocycles. The highest BCUT2D eigenvalue weighted by molar-refractivity contribution is 5.73. The first kappa shape index (κ1) is 8.80. The van der Waals surface area contributed by atoms with Crippen molar-refractivity contribution in [3.8, 4) is 0 Å². The lowest BCUT2D eigenvalue weighted by Crippen LogP contribution is -2.19. The quantitative estimate of drug-likeness (QED) is 0.668. The lowest BCUT2D eigenvalue weighted by atomic mass is 10.3. The summed E-state index contributed by atoms with van der Waals surface area (Å²) in [6, 6.07) is 3.53. The van der Waals surface area contributed by atoms with Crippen LogP contribution in [0.15, 0.2) is 18.3 Å². The molecule has 0 bridgehead atoms. The van der Waals surface area contributed by atoms with E-state index in [0.29, 0.717) is 5.69 Å². The van der Waals surface area contributed by atoms with Gasteiger partial charge in [-0.2, -0.15) is 0 Å². The predicted molar refractivity (Wildman–Crippen MR) is 44.3 cm³/mol. The number of primary amides is 1. The molecule has 1 unspecified atom stereocenters. The molecule has 0 aliphatic rings. The van der Waals surface area contributed by atoms with Crippen molar-refractivity contribution < 1.29 is 9.90 Å². The van der Waals surface area contributed by atoms with Crippen molar-refractivity contribution in [2.75, 3.05) is 0 Å². The van der Waals surface area contributed by atoms with Crippen LogP contribution in [0.3, 0.4) is 0 Å². The Morgan fingerprint density at radius 3 is 3.00 bits per heavy atom. The predicted octanol–water partition coefficient (Wildman–Crippen LogP) is 0.0267. The number of nitrogens with zero attached hydrogens (tertiary/aromatic N) is 1. The molecule has 66 valence electrons. The zero-order valence-corrected chi connectivity index (χ0v) is 6.90. The number of amides is 1. The Morgan fingerprint density at radius 2 is 2.50 bits per heavy atom. The van der Waals surface area contributed by atoms with Crippen LogP contribution in [0.25, 0.3) is 0 Å². The van der Waals surface area contributed by atoms with Crippen LogP contribution in [-0.4, -0.2) is 15.6 Å². The van der Waals surface area contributed by atoms with E-state index in [4.69, 9.17) is 5.73 Å². The maximum Gasteiger partial charge on any atom is 0.237 e. The lowest BCUT2D eigenvalue weighted by Gasteiger charge is -2.08. The third-order valence-corrected chi connectivity index (χ3v) is 1.62. The first-order valence-corrected chi connectivity index (χ1v) is 3.72. The van der Waals surface area contributed by atoms with Gasteiger partial charge in [0.05, 0.1) is 6.10 Å². The molecule has 0 radical (unpaired) electrons. The van der Waals surface area contributed by atoms with Gasteiger partial charge in [0.2, 0.25) is 5.91 Å². The van der Waals surface area contributed by atoms with Crippen LogP contribution in [0.2, 0.25) is 0 Å². The molecule has 1 atom stereocenters. The summed E-state index contributed by atoms with van der Waals surface area (Å²) in [6.07, 6.45) is 1.15. The summed E-state index contributed by atoms with van der Waals surface area (Å²) >= 11 is 0. The fourth-order valence-corrected chi connectivity index (χ4v) is 1.12. The Hall–Kier alpha value is -1.29. The molecule has 4 heteroatoms. The Morgan fingerprint density at radius 1 is 1.83 bits per heavy atom. The second-order valence-electron chi connectivity index (χ2n) is 2.70. The number of aromatic nitrogens is 1. The number of hydrogen-bond acceptors (Lipinski definition) is 2. The van der Waals surface area contributed by atoms with E-state index in [0.717, 1.165) is 0 Å². The standard InChI is InChI=1S/C8H12N2O2/c1-6(11)7-3-2-4-10(7)5-8(9)12/h2-4,6,11H,5H2,1H3,(H2,9,12). The van der Waals surface area contributed by atoms with Crippen LogP contribution >= 0.6 is 0 Å². The number of carbonyl (C=O) groups is 1. The Bertz CT molecular complexity index is 278. The molecule has 1 amide bonds. The molecule has 1 heterocycles. The van der Waals surface area contributed by atoms with Crippen LogP contribution in [-0.2, 0) is 11.3 Å². The van der Waals surface area contributed by atoms with Gasteiger partial charge >= 0.3 is 0 Å². The molecule has 3 N–H and O–H groups in total. The van der Waals surface area contributed by atoms with Crippen LogP contribution < -0.4 is 5.73 Å². The summed E-state index contributed by atoms with van der Waals surface area (Å²) in [4.78, 5) is 10.6. The topological polar surface area (TPSA) is 68.2 Å². The minimum Gasteiger partial charge on any atom is -0.387 e. The monoisotopic (exact) mass is 168 g/mol. The summed E-state index contributed by atoms with van der Waals surface area (Å²) in [5, 5.41) is 9.23. The maximum atomic E-state index is 10.6. The molecular formula is C8H12N2O2. The average molecular weight is 168 g/mol. The fourth-order valence-electron chi connectivity index (χ4n) is 1.12. The van der Waals surface area contributed by atoms with Crippen molar-refractivity contribution in [3.63, 3.8) is 0 Å². The van der Waals surface area contributed by atoms with Gasteiger partial charge in [0, 0.05) is 11.9 Å². The van der Waals surface area contributed by atoms with Crippen molar-refractivity contribution in [2.45, 2.75) is 19.6 Å². The van der Waals surface area contributed by atoms with Gasteiger partial charge in [0.1, 0.15) is 6.54 Å². The van der Waals surface area contributed by atoms with E-state index in [2.05, 4.69) is 0 Å². The molecule has 0 fully saturated rings. The number of hydrogen-bond donors (Lipinski definition) is 2. The van der Waals surface area contributed by atoms with Crippen LogP contribution in [0, 0.1) is 0 Å². The Balaban J connectivity index is 2.84. The summed E-state index contributed by atoms with van der Waals surface area (Å²) < 4.78 is 1.63. The van der Waals surface area contributed by atoms with Crippen LogP contribution in [0.4, 0.5) is 0 Å². The zero-order valence-electron chi connectivity index (χ0n) is 6.90. The van der Waals surface area contributed by atoms with Crippen molar-refractivity contribution >= 4 is 5.91 Å². The van der Waals surface area contributed by atoms with Crippen molar-refractivity contribution in [1.29, 1.82) is 0 Å². The van der Waals surface area contributed by atoms with E-state index in [1.807, 2.05) is 0 Å². The number of nitrogens with two attached hydrogens (primary N) is 1. The molecule has 0 saturated heterocycles. The second kappa shape index (κ2) is 3.40. The summed E-state index contributed by atoms with van der Waals surface area (Å²) in [5.74, 6) is -0.409. The van der Waals surface area contributed by atoms with E-state index < -0.39 is 12.0 Å². The third-order valence-electron chi connectivity index (χ3n) is 1.62. The van der Waals surface area contributed by atoms with Gasteiger partial charge in [-0.05, 0) is 19.1 Å². The molecular weight excluding hydrogens is 156 g/mol. The van der Waals surface area contributed by atoms with Crippen LogP contribution in [0.1, 0.15) is 18.7 Å². The van der Waals surface area contributed by atoms with Gasteiger partial charge in [-0.1, -0.05) is 0 Å². The van der Waals surface area contributed by atoms with E-state index >= 15 is 0 Å². The molecule has 12 heavy (non-hydrogen) atoms. The van der Waals surface area contributed by atoms with E-state index in [1.165, 1.54) is 0 Å². The van der Waals surface area contributed by atoms with Gasteiger partial charge in [-0.15, -0.1) is 0 Å². The zero-order chi connectivity index (χ0) is 9.14. The number of carbonyl (C=O) groups excluding carboxylic acids is 1. The third kappa shape index (κ3) is 1.85. The smallest absolute Gasteiger partial charge is 0.237 e. The summed E-state index contributed by atoms with van der Waals surface area (Å²) in [5.41, 5.74) is 5.71. The molecule has 0 aromatic carbocycles. The lowest BCUT2D eigenvalue weighted by molar-refractivity contribution is -0.118. The number of aliphatic hydroxyl groups is 1. The second-order valence-corrected chi connectivity index (χ2v) is 2.70. The van der Waals surface area contributed by atoms with Crippen molar-refractivity contribution in [3.05, 3.63) is 24.0 Å². The molecule has 0 saturated carbocycles.